The van der Waals surface area contributed by atoms with Crippen LogP contribution in [0.4, 0.5) is 10.1 Å². The van der Waals surface area contributed by atoms with Crippen LogP contribution in [0.5, 0.6) is 5.75 Å². The van der Waals surface area contributed by atoms with E-state index in [-0.39, 0.29) is 23.2 Å². The molecule has 0 aliphatic heterocycles. The minimum Gasteiger partial charge on any atom is -0.493 e. The topological polar surface area (TPSA) is 52.4 Å². The van der Waals surface area contributed by atoms with Crippen molar-refractivity contribution in [1.82, 2.24) is 0 Å². The lowest BCUT2D eigenvalue weighted by Gasteiger charge is -2.24. The van der Waals surface area contributed by atoms with Gasteiger partial charge < -0.3 is 4.74 Å². The van der Waals surface area contributed by atoms with Crippen molar-refractivity contribution in [3.05, 3.63) is 34.4 Å². The number of benzene rings is 1. The molecule has 2 fully saturated rings. The lowest BCUT2D eigenvalue weighted by molar-refractivity contribution is -0.384. The van der Waals surface area contributed by atoms with Gasteiger partial charge in [0.15, 0.2) is 0 Å². The van der Waals surface area contributed by atoms with E-state index in [0.717, 1.165) is 25.7 Å². The number of rotatable bonds is 6. The van der Waals surface area contributed by atoms with Gasteiger partial charge in [0, 0.05) is 23.0 Å². The normalized spacial score (nSPS) is 21.7. The molecule has 0 unspecified atom stereocenters. The lowest BCUT2D eigenvalue weighted by atomic mass is 9.87. The first kappa shape index (κ1) is 12.4. The summed E-state index contributed by atoms with van der Waals surface area (Å²) in [4.78, 5) is 10.1. The number of hydrogen-bond donors (Lipinski definition) is 0. The van der Waals surface area contributed by atoms with Crippen molar-refractivity contribution in [2.75, 3.05) is 13.3 Å². The maximum absolute atomic E-state index is 13.1. The van der Waals surface area contributed by atoms with Crippen LogP contribution in [-0.4, -0.2) is 18.2 Å². The first-order chi connectivity index (χ1) is 9.11. The zero-order chi connectivity index (χ0) is 13.5. The first-order valence-electron chi connectivity index (χ1n) is 6.54. The average molecular weight is 265 g/mol. The fourth-order valence-corrected chi connectivity index (χ4v) is 2.82. The Kier molecular flexibility index (Phi) is 2.73. The summed E-state index contributed by atoms with van der Waals surface area (Å²) in [6.45, 7) is 0.269. The molecular formula is C14H16FNO3. The predicted molar refractivity (Wildman–Crippen MR) is 67.9 cm³/mol. The van der Waals surface area contributed by atoms with Gasteiger partial charge in [-0.3, -0.25) is 14.5 Å². The number of ether oxygens (including phenoxy) is 1. The molecule has 3 rings (SSSR count). The van der Waals surface area contributed by atoms with Crippen LogP contribution in [0.2, 0.25) is 0 Å². The van der Waals surface area contributed by atoms with Crippen molar-refractivity contribution < 1.29 is 14.1 Å². The highest BCUT2D eigenvalue weighted by molar-refractivity contribution is 5.36. The Morgan fingerprint density at radius 1 is 1.16 bits per heavy atom. The molecule has 0 N–H and O–H groups in total. The molecular weight excluding hydrogens is 249 g/mol. The summed E-state index contributed by atoms with van der Waals surface area (Å²) in [7, 11) is 0. The molecule has 0 amide bonds. The second-order valence-corrected chi connectivity index (χ2v) is 5.73. The molecule has 102 valence electrons. The highest BCUT2D eigenvalue weighted by Gasteiger charge is 2.65. The van der Waals surface area contributed by atoms with E-state index in [1.165, 1.54) is 12.1 Å². The first-order valence-corrected chi connectivity index (χ1v) is 6.54. The zero-order valence-corrected chi connectivity index (χ0v) is 10.6. The number of halogens is 1. The third kappa shape index (κ3) is 2.07. The molecule has 19 heavy (non-hydrogen) atoms. The molecule has 2 aliphatic rings. The monoisotopic (exact) mass is 265 g/mol. The van der Waals surface area contributed by atoms with Gasteiger partial charge in [-0.1, -0.05) is 0 Å². The molecule has 0 spiro atoms. The van der Waals surface area contributed by atoms with Crippen molar-refractivity contribution in [1.29, 1.82) is 0 Å². The van der Waals surface area contributed by atoms with Gasteiger partial charge in [-0.2, -0.15) is 0 Å². The van der Waals surface area contributed by atoms with Crippen LogP contribution >= 0.6 is 0 Å². The van der Waals surface area contributed by atoms with Gasteiger partial charge in [-0.05, 0) is 37.8 Å². The summed E-state index contributed by atoms with van der Waals surface area (Å²) in [5.74, 6) is 0.617. The maximum atomic E-state index is 13.1. The number of alkyl halides is 1. The molecule has 0 aromatic heterocycles. The van der Waals surface area contributed by atoms with Gasteiger partial charge in [-0.15, -0.1) is 0 Å². The smallest absolute Gasteiger partial charge is 0.269 e. The molecule has 0 radical (unpaired) electrons. The Balaban J connectivity index is 1.62. The summed E-state index contributed by atoms with van der Waals surface area (Å²) in [6.07, 6.45) is 3.99. The summed E-state index contributed by atoms with van der Waals surface area (Å²) in [5.41, 5.74) is -0.0620. The number of nitro benzene ring substituents is 1. The van der Waals surface area contributed by atoms with E-state index >= 15 is 0 Å². The Labute approximate surface area is 110 Å². The predicted octanol–water partition coefficient (Wildman–Crippen LogP) is 3.50. The Bertz CT molecular complexity index is 492. The van der Waals surface area contributed by atoms with Crippen molar-refractivity contribution in [2.45, 2.75) is 25.7 Å². The molecule has 0 saturated heterocycles. The summed E-state index contributed by atoms with van der Waals surface area (Å²) in [5, 5.41) is 10.5. The lowest BCUT2D eigenvalue weighted by Crippen LogP contribution is -2.26. The highest BCUT2D eigenvalue weighted by Crippen LogP contribution is 2.70. The third-order valence-corrected chi connectivity index (χ3v) is 4.65. The molecule has 0 atom stereocenters. The van der Waals surface area contributed by atoms with Crippen LogP contribution < -0.4 is 4.74 Å². The minimum absolute atomic E-state index is 0.0174. The van der Waals surface area contributed by atoms with E-state index in [2.05, 4.69) is 0 Å². The fourth-order valence-electron chi connectivity index (χ4n) is 2.82. The Morgan fingerprint density at radius 3 is 2.16 bits per heavy atom. The zero-order valence-electron chi connectivity index (χ0n) is 10.6. The van der Waals surface area contributed by atoms with Gasteiger partial charge in [-0.25, -0.2) is 0 Å². The third-order valence-electron chi connectivity index (χ3n) is 4.65. The SMILES string of the molecule is O=[N+]([O-])c1ccc(OCC2(C3(CF)CC3)CC2)cc1. The van der Waals surface area contributed by atoms with Crippen LogP contribution in [0.3, 0.4) is 0 Å². The largest absolute Gasteiger partial charge is 0.493 e. The molecule has 0 heterocycles. The maximum Gasteiger partial charge on any atom is 0.269 e. The van der Waals surface area contributed by atoms with E-state index < -0.39 is 4.92 Å². The molecule has 2 aliphatic carbocycles. The van der Waals surface area contributed by atoms with Crippen LogP contribution in [-0.2, 0) is 0 Å². The highest BCUT2D eigenvalue weighted by atomic mass is 19.1. The molecule has 1 aromatic carbocycles. The molecule has 4 nitrogen and oxygen atoms in total. The molecule has 0 bridgehead atoms. The van der Waals surface area contributed by atoms with Gasteiger partial charge in [0.25, 0.3) is 5.69 Å². The van der Waals surface area contributed by atoms with Crippen LogP contribution in [0, 0.1) is 20.9 Å². The Hall–Kier alpha value is -1.65. The van der Waals surface area contributed by atoms with Crippen LogP contribution in [0.15, 0.2) is 24.3 Å². The Morgan fingerprint density at radius 2 is 1.74 bits per heavy atom. The van der Waals surface area contributed by atoms with Crippen molar-refractivity contribution >= 4 is 5.69 Å². The van der Waals surface area contributed by atoms with E-state index in [4.69, 9.17) is 4.74 Å². The number of hydrogen-bond acceptors (Lipinski definition) is 3. The van der Waals surface area contributed by atoms with Gasteiger partial charge >= 0.3 is 0 Å². The van der Waals surface area contributed by atoms with Gasteiger partial charge in [0.2, 0.25) is 0 Å². The quantitative estimate of drug-likeness (QED) is 0.584. The van der Waals surface area contributed by atoms with E-state index in [0.29, 0.717) is 12.4 Å². The van der Waals surface area contributed by atoms with E-state index in [1.54, 1.807) is 12.1 Å². The standard InChI is InChI=1S/C14H16FNO3/c15-9-13(5-6-13)14(7-8-14)10-19-12-3-1-11(2-4-12)16(17)18/h1-4H,5-10H2. The summed E-state index contributed by atoms with van der Waals surface area (Å²) in [6, 6.07) is 6.06. The molecule has 2 saturated carbocycles. The second kappa shape index (κ2) is 4.18. The second-order valence-electron chi connectivity index (χ2n) is 5.73. The van der Waals surface area contributed by atoms with Crippen LogP contribution in [0.25, 0.3) is 0 Å². The average Bonchev–Trinajstić information content (AvgIpc) is 3.30. The number of nitrogens with zero attached hydrogens (tertiary/aromatic N) is 1. The van der Waals surface area contributed by atoms with Gasteiger partial charge in [0.05, 0.1) is 18.2 Å². The minimum atomic E-state index is -0.436. The molecule has 1 aromatic rings. The fraction of sp³-hybridized carbons (Fsp3) is 0.571. The van der Waals surface area contributed by atoms with Crippen molar-refractivity contribution in [3.8, 4) is 5.75 Å². The molecule has 5 heteroatoms. The van der Waals surface area contributed by atoms with Crippen molar-refractivity contribution in [3.63, 3.8) is 0 Å². The van der Waals surface area contributed by atoms with E-state index in [9.17, 15) is 14.5 Å². The summed E-state index contributed by atoms with van der Waals surface area (Å²) < 4.78 is 18.8. The number of nitro groups is 1. The van der Waals surface area contributed by atoms with E-state index in [1.807, 2.05) is 0 Å². The number of non-ortho nitro benzene ring substituents is 1. The van der Waals surface area contributed by atoms with Crippen molar-refractivity contribution in [2.24, 2.45) is 10.8 Å². The van der Waals surface area contributed by atoms with Gasteiger partial charge in [0.1, 0.15) is 5.75 Å². The summed E-state index contributed by atoms with van der Waals surface area (Å²) >= 11 is 0. The van der Waals surface area contributed by atoms with Crippen LogP contribution in [0.1, 0.15) is 25.7 Å².